The fourth-order valence-electron chi connectivity index (χ4n) is 2.22. The highest BCUT2D eigenvalue weighted by molar-refractivity contribution is 5.97. The second kappa shape index (κ2) is 6.54. The van der Waals surface area contributed by atoms with Gasteiger partial charge in [-0.2, -0.15) is 26.3 Å². The van der Waals surface area contributed by atoms with Crippen molar-refractivity contribution in [3.05, 3.63) is 34.9 Å². The molecule has 2 rings (SSSR count). The van der Waals surface area contributed by atoms with E-state index in [2.05, 4.69) is 4.74 Å². The fourth-order valence-corrected chi connectivity index (χ4v) is 2.22. The molecule has 5 nitrogen and oxygen atoms in total. The molecule has 1 aromatic carbocycles. The molecule has 0 saturated carbocycles. The molecule has 0 aromatic heterocycles. The summed E-state index contributed by atoms with van der Waals surface area (Å²) in [5.74, 6) is -2.10. The third-order valence-electron chi connectivity index (χ3n) is 3.45. The third kappa shape index (κ3) is 4.03. The number of methoxy groups -OCH3 is 1. The summed E-state index contributed by atoms with van der Waals surface area (Å²) in [5.41, 5.74) is -4.11. The second-order valence-electron chi connectivity index (χ2n) is 5.11. The Balaban J connectivity index is 2.47. The Hall–Kier alpha value is -2.30. The Labute approximate surface area is 137 Å². The van der Waals surface area contributed by atoms with E-state index in [1.165, 1.54) is 0 Å². The smallest absolute Gasteiger partial charge is 0.416 e. The Morgan fingerprint density at radius 2 is 1.60 bits per heavy atom. The van der Waals surface area contributed by atoms with Crippen LogP contribution >= 0.6 is 0 Å². The van der Waals surface area contributed by atoms with Gasteiger partial charge < -0.3 is 9.47 Å². The van der Waals surface area contributed by atoms with Gasteiger partial charge in [-0.05, 0) is 18.2 Å². The van der Waals surface area contributed by atoms with Crippen molar-refractivity contribution in [2.75, 3.05) is 20.4 Å². The van der Waals surface area contributed by atoms with Crippen molar-refractivity contribution in [2.24, 2.45) is 0 Å². The number of ether oxygens (including phenoxy) is 2. The van der Waals surface area contributed by atoms with Gasteiger partial charge in [0.05, 0.1) is 24.8 Å². The minimum atomic E-state index is -5.08. The zero-order valence-electron chi connectivity index (χ0n) is 12.6. The van der Waals surface area contributed by atoms with Gasteiger partial charge in [0.15, 0.2) is 6.04 Å². The maximum Gasteiger partial charge on any atom is 0.416 e. The minimum Gasteiger partial charge on any atom is -0.467 e. The van der Waals surface area contributed by atoms with Gasteiger partial charge in [0.25, 0.3) is 5.91 Å². The predicted octanol–water partition coefficient (Wildman–Crippen LogP) is 2.70. The first-order chi connectivity index (χ1) is 11.4. The monoisotopic (exact) mass is 371 g/mol. The summed E-state index contributed by atoms with van der Waals surface area (Å²) >= 11 is 0. The largest absolute Gasteiger partial charge is 0.467 e. The molecule has 11 heteroatoms. The van der Waals surface area contributed by atoms with Gasteiger partial charge in [0.2, 0.25) is 0 Å². The predicted molar refractivity (Wildman–Crippen MR) is 69.2 cm³/mol. The zero-order chi connectivity index (χ0) is 19.0. The Morgan fingerprint density at radius 1 is 1.08 bits per heavy atom. The van der Waals surface area contributed by atoms with Crippen LogP contribution in [0.25, 0.3) is 0 Å². The average molecular weight is 371 g/mol. The lowest BCUT2D eigenvalue weighted by molar-refractivity contribution is -0.145. The lowest BCUT2D eigenvalue weighted by Crippen LogP contribution is -2.42. The summed E-state index contributed by atoms with van der Waals surface area (Å²) < 4.78 is 86.4. The first kappa shape index (κ1) is 19.0. The van der Waals surface area contributed by atoms with Gasteiger partial charge in [-0.25, -0.2) is 4.79 Å². The summed E-state index contributed by atoms with van der Waals surface area (Å²) in [4.78, 5) is 24.6. The number of halogens is 6. The van der Waals surface area contributed by atoms with Crippen molar-refractivity contribution < 1.29 is 45.4 Å². The number of hydrogen-bond acceptors (Lipinski definition) is 4. The maximum atomic E-state index is 12.8. The molecule has 1 atom stereocenters. The van der Waals surface area contributed by atoms with Crippen LogP contribution in [0.4, 0.5) is 26.3 Å². The lowest BCUT2D eigenvalue weighted by Gasteiger charge is -2.21. The van der Waals surface area contributed by atoms with Crippen LogP contribution in [0.5, 0.6) is 0 Å². The standard InChI is InChI=1S/C14H11F6NO4/c1-24-12(23)10-5-25-6-21(10)11(22)7-2-8(13(15,16)17)4-9(3-7)14(18,19)20/h2-4,10H,5-6H2,1H3/t10-/m0/s1. The van der Waals surface area contributed by atoms with Crippen molar-refractivity contribution in [3.8, 4) is 0 Å². The second-order valence-corrected chi connectivity index (χ2v) is 5.11. The van der Waals surface area contributed by atoms with Crippen molar-refractivity contribution in [1.29, 1.82) is 0 Å². The van der Waals surface area contributed by atoms with E-state index in [-0.39, 0.29) is 12.7 Å². The van der Waals surface area contributed by atoms with Crippen molar-refractivity contribution in [1.82, 2.24) is 4.90 Å². The SMILES string of the molecule is COC(=O)[C@@H]1COCN1C(=O)c1cc(C(F)(F)F)cc(C(F)(F)F)c1. The highest BCUT2D eigenvalue weighted by Gasteiger charge is 2.40. The number of esters is 1. The quantitative estimate of drug-likeness (QED) is 0.593. The molecule has 138 valence electrons. The van der Waals surface area contributed by atoms with Crippen LogP contribution < -0.4 is 0 Å². The topological polar surface area (TPSA) is 55.8 Å². The molecule has 1 heterocycles. The Bertz CT molecular complexity index is 653. The third-order valence-corrected chi connectivity index (χ3v) is 3.45. The number of benzene rings is 1. The molecule has 1 aliphatic rings. The van der Waals surface area contributed by atoms with Gasteiger partial charge in [0.1, 0.15) is 6.73 Å². The summed E-state index contributed by atoms with van der Waals surface area (Å²) in [6.45, 7) is -0.736. The molecular weight excluding hydrogens is 360 g/mol. The number of alkyl halides is 6. The number of hydrogen-bond donors (Lipinski definition) is 0. The first-order valence-electron chi connectivity index (χ1n) is 6.71. The van der Waals surface area contributed by atoms with Crippen molar-refractivity contribution in [3.63, 3.8) is 0 Å². The Morgan fingerprint density at radius 3 is 2.04 bits per heavy atom. The van der Waals surface area contributed by atoms with Gasteiger partial charge in [-0.15, -0.1) is 0 Å². The fraction of sp³-hybridized carbons (Fsp3) is 0.429. The normalized spacial score (nSPS) is 18.4. The van der Waals surface area contributed by atoms with Crippen LogP contribution in [0.15, 0.2) is 18.2 Å². The Kier molecular flexibility index (Phi) is 4.98. The number of carbonyl (C=O) groups is 2. The first-order valence-corrected chi connectivity index (χ1v) is 6.71. The molecule has 25 heavy (non-hydrogen) atoms. The maximum absolute atomic E-state index is 12.8. The van der Waals surface area contributed by atoms with Crippen LogP contribution in [0.1, 0.15) is 21.5 Å². The average Bonchev–Trinajstić information content (AvgIpc) is 3.00. The van der Waals surface area contributed by atoms with E-state index in [0.29, 0.717) is 17.0 Å². The molecule has 1 fully saturated rings. The van der Waals surface area contributed by atoms with Gasteiger partial charge >= 0.3 is 18.3 Å². The van der Waals surface area contributed by atoms with Gasteiger partial charge in [-0.3, -0.25) is 9.69 Å². The van der Waals surface area contributed by atoms with Crippen LogP contribution in [-0.2, 0) is 26.6 Å². The van der Waals surface area contributed by atoms with E-state index in [1.807, 2.05) is 0 Å². The molecule has 1 aromatic rings. The summed E-state index contributed by atoms with van der Waals surface area (Å²) in [7, 11) is 1.02. The molecule has 0 spiro atoms. The highest BCUT2D eigenvalue weighted by Crippen LogP contribution is 2.36. The minimum absolute atomic E-state index is 0.0882. The highest BCUT2D eigenvalue weighted by atomic mass is 19.4. The molecule has 0 unspecified atom stereocenters. The molecule has 1 amide bonds. The van der Waals surface area contributed by atoms with E-state index in [1.54, 1.807) is 0 Å². The number of amides is 1. The molecule has 0 bridgehead atoms. The lowest BCUT2D eigenvalue weighted by atomic mass is 10.0. The van der Waals surface area contributed by atoms with Crippen molar-refractivity contribution in [2.45, 2.75) is 18.4 Å². The van der Waals surface area contributed by atoms with Crippen LogP contribution in [0, 0.1) is 0 Å². The molecule has 0 aliphatic carbocycles. The number of rotatable bonds is 2. The number of carbonyl (C=O) groups excluding carboxylic acids is 2. The van der Waals surface area contributed by atoms with E-state index in [4.69, 9.17) is 4.74 Å². The van der Waals surface area contributed by atoms with Crippen LogP contribution in [0.3, 0.4) is 0 Å². The summed E-state index contributed by atoms with van der Waals surface area (Å²) in [6, 6.07) is -0.745. The molecule has 1 saturated heterocycles. The van der Waals surface area contributed by atoms with Crippen LogP contribution in [-0.4, -0.2) is 43.3 Å². The molecule has 0 N–H and O–H groups in total. The summed E-state index contributed by atoms with van der Waals surface area (Å²) in [5, 5.41) is 0. The molecular formula is C14H11F6NO4. The van der Waals surface area contributed by atoms with E-state index in [0.717, 1.165) is 7.11 Å². The summed E-state index contributed by atoms with van der Waals surface area (Å²) in [6.07, 6.45) is -10.2. The van der Waals surface area contributed by atoms with Crippen molar-refractivity contribution >= 4 is 11.9 Å². The molecule has 0 radical (unpaired) electrons. The zero-order valence-corrected chi connectivity index (χ0v) is 12.6. The van der Waals surface area contributed by atoms with E-state index < -0.39 is 53.7 Å². The molecule has 1 aliphatic heterocycles. The van der Waals surface area contributed by atoms with E-state index in [9.17, 15) is 35.9 Å². The van der Waals surface area contributed by atoms with Crippen LogP contribution in [0.2, 0.25) is 0 Å². The van der Waals surface area contributed by atoms with Gasteiger partial charge in [-0.1, -0.05) is 0 Å². The van der Waals surface area contributed by atoms with E-state index >= 15 is 0 Å². The number of nitrogens with zero attached hydrogens (tertiary/aromatic N) is 1. The van der Waals surface area contributed by atoms with Gasteiger partial charge in [0, 0.05) is 5.56 Å².